The minimum atomic E-state index is -0.890. The number of carboxylic acid groups (broad SMARTS) is 1. The second-order valence-corrected chi connectivity index (χ2v) is 5.71. The molecule has 2 fully saturated rings. The molecule has 108 valence electrons. The van der Waals surface area contributed by atoms with Crippen LogP contribution in [0.2, 0.25) is 0 Å². The van der Waals surface area contributed by atoms with Gasteiger partial charge in [-0.15, -0.1) is 0 Å². The summed E-state index contributed by atoms with van der Waals surface area (Å²) in [5.41, 5.74) is 0. The van der Waals surface area contributed by atoms with Crippen LogP contribution in [0.4, 0.5) is 4.79 Å². The zero-order chi connectivity index (χ0) is 13.7. The Hall–Kier alpha value is -1.26. The van der Waals surface area contributed by atoms with Crippen molar-refractivity contribution in [1.82, 2.24) is 10.2 Å². The summed E-state index contributed by atoms with van der Waals surface area (Å²) in [5.74, 6) is -0.0472. The first kappa shape index (κ1) is 14.2. The molecule has 2 rings (SSSR count). The van der Waals surface area contributed by atoms with Crippen molar-refractivity contribution in [3.05, 3.63) is 0 Å². The number of carbonyl (C=O) groups is 2. The van der Waals surface area contributed by atoms with Crippen LogP contribution >= 0.6 is 0 Å². The van der Waals surface area contributed by atoms with Gasteiger partial charge in [-0.25, -0.2) is 9.59 Å². The fraction of sp³-hybridized carbons (Fsp3) is 0.857. The maximum Gasteiger partial charge on any atom is 0.326 e. The zero-order valence-corrected chi connectivity index (χ0v) is 11.4. The zero-order valence-electron chi connectivity index (χ0n) is 11.4. The van der Waals surface area contributed by atoms with Gasteiger partial charge in [0, 0.05) is 13.1 Å². The lowest BCUT2D eigenvalue weighted by atomic mass is 10.0. The molecule has 2 N–H and O–H groups in total. The van der Waals surface area contributed by atoms with E-state index < -0.39 is 12.0 Å². The van der Waals surface area contributed by atoms with Gasteiger partial charge in [0.05, 0.1) is 0 Å². The van der Waals surface area contributed by atoms with Gasteiger partial charge in [-0.2, -0.15) is 0 Å². The molecule has 1 saturated carbocycles. The average Bonchev–Trinajstić information content (AvgIpc) is 3.04. The highest BCUT2D eigenvalue weighted by molar-refractivity contribution is 5.83. The van der Waals surface area contributed by atoms with Crippen molar-refractivity contribution < 1.29 is 14.7 Å². The molecule has 1 heterocycles. The third-order valence-electron chi connectivity index (χ3n) is 4.34. The number of hydrogen-bond donors (Lipinski definition) is 2. The van der Waals surface area contributed by atoms with E-state index in [0.717, 1.165) is 18.8 Å². The van der Waals surface area contributed by atoms with E-state index in [-0.39, 0.29) is 6.03 Å². The van der Waals surface area contributed by atoms with Gasteiger partial charge in [-0.3, -0.25) is 0 Å². The van der Waals surface area contributed by atoms with Crippen LogP contribution in [-0.4, -0.2) is 41.1 Å². The summed E-state index contributed by atoms with van der Waals surface area (Å²) in [6, 6.07) is -0.842. The highest BCUT2D eigenvalue weighted by atomic mass is 16.4. The number of nitrogens with zero attached hydrogens (tertiary/aromatic N) is 1. The minimum Gasteiger partial charge on any atom is -0.480 e. The van der Waals surface area contributed by atoms with E-state index in [9.17, 15) is 9.59 Å². The van der Waals surface area contributed by atoms with Crippen molar-refractivity contribution in [1.29, 1.82) is 0 Å². The molecule has 2 aliphatic rings. The van der Waals surface area contributed by atoms with Gasteiger partial charge in [0.2, 0.25) is 0 Å². The molecule has 1 saturated heterocycles. The van der Waals surface area contributed by atoms with Crippen molar-refractivity contribution >= 4 is 12.0 Å². The Bertz CT molecular complexity index is 327. The molecule has 0 unspecified atom stereocenters. The predicted molar refractivity (Wildman–Crippen MR) is 72.0 cm³/mol. The maximum atomic E-state index is 11.9. The number of carbonyl (C=O) groups excluding carboxylic acids is 1. The normalized spacial score (nSPS) is 23.8. The number of likely N-dealkylation sites (tertiary alicyclic amines) is 1. The van der Waals surface area contributed by atoms with E-state index in [4.69, 9.17) is 5.11 Å². The first-order chi connectivity index (χ1) is 9.18. The summed E-state index contributed by atoms with van der Waals surface area (Å²) in [7, 11) is 0. The number of nitrogens with one attached hydrogen (secondary N) is 1. The van der Waals surface area contributed by atoms with E-state index >= 15 is 0 Å². The Morgan fingerprint density at radius 3 is 2.58 bits per heavy atom. The Morgan fingerprint density at radius 1 is 1.16 bits per heavy atom. The van der Waals surface area contributed by atoms with E-state index in [1.165, 1.54) is 37.0 Å². The number of amides is 2. The molecule has 1 aliphatic heterocycles. The summed E-state index contributed by atoms with van der Waals surface area (Å²) >= 11 is 0. The third-order valence-corrected chi connectivity index (χ3v) is 4.34. The number of rotatable bonds is 5. The van der Waals surface area contributed by atoms with Crippen LogP contribution in [0.25, 0.3) is 0 Å². The lowest BCUT2D eigenvalue weighted by Gasteiger charge is -2.22. The topological polar surface area (TPSA) is 69.6 Å². The molecule has 5 heteroatoms. The molecule has 1 atom stereocenters. The van der Waals surface area contributed by atoms with Crippen molar-refractivity contribution in [3.63, 3.8) is 0 Å². The molecule has 0 spiro atoms. The van der Waals surface area contributed by atoms with Crippen molar-refractivity contribution in [2.24, 2.45) is 5.92 Å². The second kappa shape index (κ2) is 6.78. The molecular formula is C14H24N2O3. The van der Waals surface area contributed by atoms with E-state index in [0.29, 0.717) is 19.5 Å². The standard InChI is InChI=1S/C14H24N2O3/c17-13(18)12-8-4-10-16(12)14(19)15-9-3-7-11-5-1-2-6-11/h11-12H,1-10H2,(H,15,19)(H,17,18)/t12-/m0/s1. The van der Waals surface area contributed by atoms with Crippen LogP contribution in [0.3, 0.4) is 0 Å². The summed E-state index contributed by atoms with van der Waals surface area (Å²) in [5, 5.41) is 11.9. The summed E-state index contributed by atoms with van der Waals surface area (Å²) in [4.78, 5) is 24.4. The fourth-order valence-electron chi connectivity index (χ4n) is 3.25. The highest BCUT2D eigenvalue weighted by Gasteiger charge is 2.33. The van der Waals surface area contributed by atoms with Crippen molar-refractivity contribution in [3.8, 4) is 0 Å². The van der Waals surface area contributed by atoms with Gasteiger partial charge in [0.1, 0.15) is 6.04 Å². The number of hydrogen-bond acceptors (Lipinski definition) is 2. The molecular weight excluding hydrogens is 244 g/mol. The van der Waals surface area contributed by atoms with Gasteiger partial charge < -0.3 is 15.3 Å². The first-order valence-corrected chi connectivity index (χ1v) is 7.46. The summed E-state index contributed by atoms with van der Waals surface area (Å²) < 4.78 is 0. The highest BCUT2D eigenvalue weighted by Crippen LogP contribution is 2.28. The van der Waals surface area contributed by atoms with E-state index in [2.05, 4.69) is 5.32 Å². The van der Waals surface area contributed by atoms with Crippen molar-refractivity contribution in [2.75, 3.05) is 13.1 Å². The van der Waals surface area contributed by atoms with Crippen LogP contribution in [0, 0.1) is 5.92 Å². The van der Waals surface area contributed by atoms with Crippen LogP contribution in [-0.2, 0) is 4.79 Å². The molecule has 0 aromatic rings. The Labute approximate surface area is 114 Å². The molecule has 2 amide bonds. The minimum absolute atomic E-state index is 0.212. The second-order valence-electron chi connectivity index (χ2n) is 5.71. The van der Waals surface area contributed by atoms with Gasteiger partial charge in [0.15, 0.2) is 0 Å². The van der Waals surface area contributed by atoms with Gasteiger partial charge in [-0.1, -0.05) is 25.7 Å². The fourth-order valence-corrected chi connectivity index (χ4v) is 3.25. The predicted octanol–water partition coefficient (Wildman–Crippen LogP) is 2.22. The van der Waals surface area contributed by atoms with Gasteiger partial charge in [-0.05, 0) is 31.6 Å². The lowest BCUT2D eigenvalue weighted by molar-refractivity contribution is -0.141. The molecule has 1 aliphatic carbocycles. The van der Waals surface area contributed by atoms with Crippen molar-refractivity contribution in [2.45, 2.75) is 57.4 Å². The largest absolute Gasteiger partial charge is 0.480 e. The summed E-state index contributed by atoms with van der Waals surface area (Å²) in [6.07, 6.45) is 8.92. The average molecular weight is 268 g/mol. The first-order valence-electron chi connectivity index (χ1n) is 7.46. The van der Waals surface area contributed by atoms with E-state index in [1.54, 1.807) is 0 Å². The van der Waals surface area contributed by atoms with Gasteiger partial charge >= 0.3 is 12.0 Å². The molecule has 0 aromatic carbocycles. The van der Waals surface area contributed by atoms with Crippen LogP contribution < -0.4 is 5.32 Å². The molecule has 0 radical (unpaired) electrons. The molecule has 0 bridgehead atoms. The molecule has 5 nitrogen and oxygen atoms in total. The SMILES string of the molecule is O=C(O)[C@@H]1CCCN1C(=O)NCCCC1CCCC1. The Morgan fingerprint density at radius 2 is 1.89 bits per heavy atom. The summed E-state index contributed by atoms with van der Waals surface area (Å²) in [6.45, 7) is 1.23. The third kappa shape index (κ3) is 3.85. The van der Waals surface area contributed by atoms with Gasteiger partial charge in [0.25, 0.3) is 0 Å². The van der Waals surface area contributed by atoms with Crippen LogP contribution in [0.1, 0.15) is 51.4 Å². The smallest absolute Gasteiger partial charge is 0.326 e. The van der Waals surface area contributed by atoms with Crippen LogP contribution in [0.15, 0.2) is 0 Å². The van der Waals surface area contributed by atoms with E-state index in [1.807, 2.05) is 0 Å². The number of aliphatic carboxylic acids is 1. The molecule has 19 heavy (non-hydrogen) atoms. The monoisotopic (exact) mass is 268 g/mol. The number of urea groups is 1. The maximum absolute atomic E-state index is 11.9. The Kier molecular flexibility index (Phi) is 5.05. The number of carboxylic acids is 1. The lowest BCUT2D eigenvalue weighted by Crippen LogP contribution is -2.46. The van der Waals surface area contributed by atoms with Crippen LogP contribution in [0.5, 0.6) is 0 Å². The Balaban J connectivity index is 1.64. The quantitative estimate of drug-likeness (QED) is 0.751. The molecule has 0 aromatic heterocycles.